The van der Waals surface area contributed by atoms with Gasteiger partial charge in [-0.3, -0.25) is 0 Å². The van der Waals surface area contributed by atoms with Crippen molar-refractivity contribution in [2.24, 2.45) is 0 Å². The molecule has 3 aromatic rings. The van der Waals surface area contributed by atoms with E-state index in [1.54, 1.807) is 0 Å². The summed E-state index contributed by atoms with van der Waals surface area (Å²) in [4.78, 5) is 11.8. The molecule has 0 fully saturated rings. The quantitative estimate of drug-likeness (QED) is 0.660. The summed E-state index contributed by atoms with van der Waals surface area (Å²) in [6, 6.07) is 31.3. The normalized spacial score (nSPS) is 13.3. The Bertz CT molecular complexity index is 657. The molecule has 0 heterocycles. The van der Waals surface area contributed by atoms with Crippen LogP contribution >= 0.6 is 7.26 Å². The molecule has 115 valence electrons. The van der Waals surface area contributed by atoms with Crippen LogP contribution in [0.25, 0.3) is 0 Å². The first-order chi connectivity index (χ1) is 11.3. The zero-order valence-electron chi connectivity index (χ0n) is 13.1. The van der Waals surface area contributed by atoms with Gasteiger partial charge in [-0.05, 0) is 0 Å². The number of hydrogen-bond donors (Lipinski definition) is 0. The van der Waals surface area contributed by atoms with Crippen LogP contribution in [-0.2, 0) is 4.79 Å². The van der Waals surface area contributed by atoms with Crippen molar-refractivity contribution in [3.05, 3.63) is 91.0 Å². The Morgan fingerprint density at radius 2 is 0.957 bits per heavy atom. The van der Waals surface area contributed by atoms with Gasteiger partial charge >= 0.3 is 138 Å². The summed E-state index contributed by atoms with van der Waals surface area (Å²) in [5, 5.41) is 3.73. The van der Waals surface area contributed by atoms with E-state index in [4.69, 9.17) is 0 Å². The van der Waals surface area contributed by atoms with Crippen molar-refractivity contribution in [1.29, 1.82) is 0 Å². The second-order valence-corrected chi connectivity index (χ2v) is 9.96. The van der Waals surface area contributed by atoms with Gasteiger partial charge in [-0.1, -0.05) is 0 Å². The molecule has 3 rings (SSSR count). The van der Waals surface area contributed by atoms with E-state index >= 15 is 0 Å². The van der Waals surface area contributed by atoms with Crippen LogP contribution in [0.1, 0.15) is 6.92 Å². The third kappa shape index (κ3) is 2.73. The molecule has 0 aliphatic carbocycles. The van der Waals surface area contributed by atoms with E-state index in [-0.39, 0.29) is 5.66 Å². The molecule has 0 bridgehead atoms. The van der Waals surface area contributed by atoms with Gasteiger partial charge in [0.25, 0.3) is 0 Å². The topological polar surface area (TPSA) is 17.1 Å². The summed E-state index contributed by atoms with van der Waals surface area (Å²) in [7, 11) is -2.45. The Hall–Kier alpha value is -2.24. The van der Waals surface area contributed by atoms with Gasteiger partial charge in [0.1, 0.15) is 0 Å². The third-order valence-electron chi connectivity index (χ3n) is 4.51. The van der Waals surface area contributed by atoms with E-state index in [0.717, 1.165) is 0 Å². The first-order valence-corrected chi connectivity index (χ1v) is 9.92. The third-order valence-corrected chi connectivity index (χ3v) is 9.66. The maximum absolute atomic E-state index is 11.8. The Morgan fingerprint density at radius 1 is 0.652 bits per heavy atom. The zero-order chi connectivity index (χ0) is 16.1. The van der Waals surface area contributed by atoms with Gasteiger partial charge in [0.2, 0.25) is 0 Å². The Kier molecular flexibility index (Phi) is 4.69. The molecule has 3 aromatic carbocycles. The van der Waals surface area contributed by atoms with E-state index in [9.17, 15) is 4.79 Å². The van der Waals surface area contributed by atoms with Gasteiger partial charge in [-0.15, -0.1) is 0 Å². The van der Waals surface area contributed by atoms with E-state index < -0.39 is 7.26 Å². The summed E-state index contributed by atoms with van der Waals surface area (Å²) in [6.07, 6.45) is 2.31. The zero-order valence-corrected chi connectivity index (χ0v) is 14.1. The SMILES string of the molecule is CC([C]=O)[PH](c1ccccc1)(c1ccccc1)c1ccccc1. The monoisotopic (exact) mass is 319 g/mol. The van der Waals surface area contributed by atoms with Gasteiger partial charge in [-0.2, -0.15) is 0 Å². The Balaban J connectivity index is 2.38. The van der Waals surface area contributed by atoms with Crippen molar-refractivity contribution in [3.63, 3.8) is 0 Å². The van der Waals surface area contributed by atoms with Crippen LogP contribution in [0, 0.1) is 0 Å². The van der Waals surface area contributed by atoms with Crippen LogP contribution < -0.4 is 15.9 Å². The minimum atomic E-state index is -2.45. The number of benzene rings is 3. The second-order valence-electron chi connectivity index (χ2n) is 5.75. The van der Waals surface area contributed by atoms with Gasteiger partial charge in [-0.25, -0.2) is 0 Å². The van der Waals surface area contributed by atoms with Crippen molar-refractivity contribution in [3.8, 4) is 0 Å². The van der Waals surface area contributed by atoms with E-state index in [1.807, 2.05) is 25.1 Å². The molecule has 1 radical (unpaired) electrons. The summed E-state index contributed by atoms with van der Waals surface area (Å²) in [5.74, 6) is 0. The van der Waals surface area contributed by atoms with Gasteiger partial charge in [0.05, 0.1) is 0 Å². The maximum atomic E-state index is 11.8. The van der Waals surface area contributed by atoms with E-state index in [2.05, 4.69) is 79.1 Å². The fourth-order valence-electron chi connectivity index (χ4n) is 3.44. The predicted octanol–water partition coefficient (Wildman–Crippen LogP) is 3.21. The molecule has 0 saturated carbocycles. The Labute approximate surface area is 138 Å². The molecular formula is C21H20OP. The number of rotatable bonds is 5. The first kappa shape index (κ1) is 15.6. The molecule has 0 spiro atoms. The molecule has 1 atom stereocenters. The van der Waals surface area contributed by atoms with Crippen LogP contribution in [0.15, 0.2) is 91.0 Å². The molecule has 0 amide bonds. The van der Waals surface area contributed by atoms with Crippen LogP contribution in [0.5, 0.6) is 0 Å². The summed E-state index contributed by atoms with van der Waals surface area (Å²) in [5.41, 5.74) is -0.172. The molecule has 0 aliphatic rings. The van der Waals surface area contributed by atoms with Crippen LogP contribution in [0.4, 0.5) is 0 Å². The first-order valence-electron chi connectivity index (χ1n) is 7.84. The van der Waals surface area contributed by atoms with Gasteiger partial charge in [0, 0.05) is 0 Å². The van der Waals surface area contributed by atoms with E-state index in [0.29, 0.717) is 0 Å². The minimum absolute atomic E-state index is 0.172. The van der Waals surface area contributed by atoms with Gasteiger partial charge in [0.15, 0.2) is 0 Å². The number of hydrogen-bond acceptors (Lipinski definition) is 1. The fourth-order valence-corrected chi connectivity index (χ4v) is 8.27. The summed E-state index contributed by atoms with van der Waals surface area (Å²) >= 11 is 0. The average molecular weight is 319 g/mol. The van der Waals surface area contributed by atoms with Crippen molar-refractivity contribution in [1.82, 2.24) is 0 Å². The average Bonchev–Trinajstić information content (AvgIpc) is 2.65. The van der Waals surface area contributed by atoms with Gasteiger partial charge < -0.3 is 0 Å². The van der Waals surface area contributed by atoms with Crippen LogP contribution in [0.3, 0.4) is 0 Å². The molecule has 0 aliphatic heterocycles. The molecule has 23 heavy (non-hydrogen) atoms. The van der Waals surface area contributed by atoms with Crippen molar-refractivity contribution in [2.75, 3.05) is 0 Å². The van der Waals surface area contributed by atoms with Crippen LogP contribution in [0.2, 0.25) is 0 Å². The molecular weight excluding hydrogens is 299 g/mol. The molecule has 0 saturated heterocycles. The summed E-state index contributed by atoms with van der Waals surface area (Å²) in [6.45, 7) is 2.01. The van der Waals surface area contributed by atoms with Crippen LogP contribution in [-0.4, -0.2) is 11.9 Å². The molecule has 2 heteroatoms. The second kappa shape index (κ2) is 6.89. The fraction of sp³-hybridized carbons (Fsp3) is 0.0952. The van der Waals surface area contributed by atoms with Crippen molar-refractivity contribution < 1.29 is 4.79 Å². The van der Waals surface area contributed by atoms with Crippen molar-refractivity contribution in [2.45, 2.75) is 12.6 Å². The molecule has 0 N–H and O–H groups in total. The molecule has 1 nitrogen and oxygen atoms in total. The van der Waals surface area contributed by atoms with E-state index in [1.165, 1.54) is 15.9 Å². The Morgan fingerprint density at radius 3 is 1.22 bits per heavy atom. The molecule has 0 aromatic heterocycles. The summed E-state index contributed by atoms with van der Waals surface area (Å²) < 4.78 is 0. The molecule has 1 unspecified atom stereocenters. The number of carbonyl (C=O) groups excluding carboxylic acids is 1. The van der Waals surface area contributed by atoms with Crippen molar-refractivity contribution >= 4 is 29.5 Å². The predicted molar refractivity (Wildman–Crippen MR) is 102 cm³/mol. The standard InChI is InChI=1S/C21H20OP/c1-18(17-22)23(19-11-5-2-6-12-19,20-13-7-3-8-14-20)21-15-9-4-10-16-21/h2-16,18,23H,1H3.